The lowest BCUT2D eigenvalue weighted by Crippen LogP contribution is -2.57. The fourth-order valence-corrected chi connectivity index (χ4v) is 7.74. The number of amides is 3. The molecule has 276 valence electrons. The van der Waals surface area contributed by atoms with Gasteiger partial charge in [0.25, 0.3) is 5.91 Å². The summed E-state index contributed by atoms with van der Waals surface area (Å²) in [6.45, 7) is 14.1. The lowest BCUT2D eigenvalue weighted by atomic mass is 9.98. The number of aromatic nitrogens is 3. The Morgan fingerprint density at radius 1 is 0.923 bits per heavy atom. The number of rotatable bonds is 13. The Bertz CT molecular complexity index is 1850. The fraction of sp³-hybridized carbons (Fsp3) is 0.450. The van der Waals surface area contributed by atoms with Crippen LogP contribution in [-0.4, -0.2) is 90.8 Å². The molecule has 2 aromatic carbocycles. The average molecular weight is 726 g/mol. The number of hydrogen-bond donors (Lipinski definition) is 4. The third-order valence-corrected chi connectivity index (χ3v) is 10.0. The second kappa shape index (κ2) is 17.0. The maximum atomic E-state index is 14.0. The summed E-state index contributed by atoms with van der Waals surface area (Å²) in [5.74, 6) is -1.24. The first-order valence-corrected chi connectivity index (χ1v) is 18.8. The third-order valence-electron chi connectivity index (χ3n) is 8.98. The van der Waals surface area contributed by atoms with Crippen molar-refractivity contribution in [3.05, 3.63) is 95.4 Å². The van der Waals surface area contributed by atoms with E-state index in [2.05, 4.69) is 30.9 Å². The number of nitrogens with zero attached hydrogens (tertiary/aromatic N) is 4. The summed E-state index contributed by atoms with van der Waals surface area (Å²) >= 11 is 1.54. The lowest BCUT2D eigenvalue weighted by molar-refractivity contribution is -0.128. The highest BCUT2D eigenvalue weighted by Gasteiger charge is 2.41. The Balaban J connectivity index is 1.35. The Labute approximate surface area is 310 Å². The molecule has 1 aliphatic rings. The number of carbonyl (C=O) groups is 3. The third kappa shape index (κ3) is 10.6. The standard InChI is InChI=1S/C40H51N7O4S/c1-24(2)35(45-36(49)31-18-17-28-15-11-12-16-30(28)43-31)38(51)44-32(20-27-13-9-8-10-14-27)34(48)23-47-22-29(21-33(47)37(50)46-40(5,6)7)52-39-41-25(3)19-26(4)42-39/h8-19,24,29,32-35,48H,20-23H2,1-7H3,(H,44,51)(H,45,49)(H,46,50)/t29-,32+,33+,34-,35+/m1/s1. The van der Waals surface area contributed by atoms with E-state index in [0.717, 1.165) is 22.3 Å². The van der Waals surface area contributed by atoms with Crippen LogP contribution >= 0.6 is 11.8 Å². The normalized spacial score (nSPS) is 18.2. The number of benzene rings is 2. The zero-order chi connectivity index (χ0) is 37.6. The number of aryl methyl sites for hydroxylation is 2. The van der Waals surface area contributed by atoms with Gasteiger partial charge in [-0.25, -0.2) is 15.0 Å². The summed E-state index contributed by atoms with van der Waals surface area (Å²) in [6, 6.07) is 20.5. The van der Waals surface area contributed by atoms with Crippen LogP contribution in [0.25, 0.3) is 10.9 Å². The molecule has 0 bridgehead atoms. The fourth-order valence-electron chi connectivity index (χ4n) is 6.50. The zero-order valence-corrected chi connectivity index (χ0v) is 31.9. The van der Waals surface area contributed by atoms with E-state index in [1.54, 1.807) is 17.8 Å². The van der Waals surface area contributed by atoms with E-state index in [-0.39, 0.29) is 29.3 Å². The topological polar surface area (TPSA) is 149 Å². The minimum absolute atomic E-state index is 0.00975. The SMILES string of the molecule is Cc1cc(C)nc(S[C@@H]2C[C@@H](C(=O)NC(C)(C)C)N(C[C@@H](O)[C@H](Cc3ccccc3)NC(=O)[C@@H](NC(=O)c3ccc4ccccc4n3)C(C)C)C2)n1. The molecular formula is C40H51N7O4S. The molecule has 1 aliphatic heterocycles. The quantitative estimate of drug-likeness (QED) is 0.145. The first-order valence-electron chi connectivity index (χ1n) is 17.9. The van der Waals surface area contributed by atoms with Gasteiger partial charge in [0, 0.05) is 40.7 Å². The van der Waals surface area contributed by atoms with Crippen LogP contribution in [0.3, 0.4) is 0 Å². The molecule has 1 saturated heterocycles. The van der Waals surface area contributed by atoms with Crippen LogP contribution in [0.4, 0.5) is 0 Å². The molecule has 0 saturated carbocycles. The Hall–Kier alpha value is -4.39. The number of aliphatic hydroxyl groups excluding tert-OH is 1. The zero-order valence-electron chi connectivity index (χ0n) is 31.1. The molecule has 11 nitrogen and oxygen atoms in total. The van der Waals surface area contributed by atoms with Gasteiger partial charge >= 0.3 is 0 Å². The molecule has 4 N–H and O–H groups in total. The summed E-state index contributed by atoms with van der Waals surface area (Å²) in [6.07, 6.45) is -0.142. The summed E-state index contributed by atoms with van der Waals surface area (Å²) in [5, 5.41) is 22.6. The Morgan fingerprint density at radius 3 is 2.27 bits per heavy atom. The smallest absolute Gasteiger partial charge is 0.270 e. The molecule has 12 heteroatoms. The number of β-amino-alcohol motifs (C(OH)–C–C–N with tert-alkyl or cyclic N) is 1. The van der Waals surface area contributed by atoms with Crippen LogP contribution in [0.5, 0.6) is 0 Å². The number of thioether (sulfide) groups is 1. The largest absolute Gasteiger partial charge is 0.390 e. The number of fused-ring (bicyclic) bond motifs is 1. The number of hydrogen-bond acceptors (Lipinski definition) is 9. The Kier molecular flexibility index (Phi) is 12.7. The first-order chi connectivity index (χ1) is 24.6. The van der Waals surface area contributed by atoms with Gasteiger partial charge in [0.05, 0.1) is 23.7 Å². The monoisotopic (exact) mass is 725 g/mol. The predicted octanol–water partition coefficient (Wildman–Crippen LogP) is 4.63. The van der Waals surface area contributed by atoms with Gasteiger partial charge in [-0.1, -0.05) is 80.2 Å². The molecule has 0 radical (unpaired) electrons. The lowest BCUT2D eigenvalue weighted by Gasteiger charge is -2.33. The molecule has 0 spiro atoms. The van der Waals surface area contributed by atoms with E-state index in [1.807, 2.05) is 120 Å². The molecule has 3 heterocycles. The van der Waals surface area contributed by atoms with Gasteiger partial charge in [-0.2, -0.15) is 0 Å². The molecule has 4 aromatic rings. The van der Waals surface area contributed by atoms with Gasteiger partial charge in [-0.15, -0.1) is 0 Å². The minimum Gasteiger partial charge on any atom is -0.390 e. The molecule has 5 atom stereocenters. The van der Waals surface area contributed by atoms with Crippen molar-refractivity contribution < 1.29 is 19.5 Å². The van der Waals surface area contributed by atoms with E-state index in [4.69, 9.17) is 0 Å². The van der Waals surface area contributed by atoms with Crippen LogP contribution in [0, 0.1) is 19.8 Å². The molecule has 52 heavy (non-hydrogen) atoms. The van der Waals surface area contributed by atoms with Crippen molar-refractivity contribution in [3.8, 4) is 0 Å². The second-order valence-corrected chi connectivity index (χ2v) is 16.3. The molecule has 0 aliphatic carbocycles. The summed E-state index contributed by atoms with van der Waals surface area (Å²) in [5.41, 5.74) is 3.15. The van der Waals surface area contributed by atoms with Gasteiger partial charge < -0.3 is 21.1 Å². The maximum Gasteiger partial charge on any atom is 0.270 e. The van der Waals surface area contributed by atoms with E-state index >= 15 is 0 Å². The van der Waals surface area contributed by atoms with E-state index in [1.165, 1.54) is 0 Å². The van der Waals surface area contributed by atoms with Crippen LogP contribution in [0.15, 0.2) is 78.0 Å². The molecule has 2 aromatic heterocycles. The van der Waals surface area contributed by atoms with Crippen molar-refractivity contribution in [1.29, 1.82) is 0 Å². The number of likely N-dealkylation sites (tertiary alicyclic amines) is 1. The van der Waals surface area contributed by atoms with Crippen LogP contribution in [0.2, 0.25) is 0 Å². The van der Waals surface area contributed by atoms with E-state index < -0.39 is 41.6 Å². The predicted molar refractivity (Wildman–Crippen MR) is 205 cm³/mol. The summed E-state index contributed by atoms with van der Waals surface area (Å²) in [4.78, 5) is 56.8. The van der Waals surface area contributed by atoms with Gasteiger partial charge in [0.2, 0.25) is 11.8 Å². The molecule has 1 fully saturated rings. The van der Waals surface area contributed by atoms with E-state index in [9.17, 15) is 19.5 Å². The van der Waals surface area contributed by atoms with Crippen molar-refractivity contribution >= 4 is 40.4 Å². The minimum atomic E-state index is -1.04. The molecule has 3 amide bonds. The summed E-state index contributed by atoms with van der Waals surface area (Å²) < 4.78 is 0. The van der Waals surface area contributed by atoms with Crippen molar-refractivity contribution in [2.24, 2.45) is 5.92 Å². The maximum absolute atomic E-state index is 14.0. The number of nitrogens with one attached hydrogen (secondary N) is 3. The van der Waals surface area contributed by atoms with Crippen LogP contribution in [-0.2, 0) is 16.0 Å². The number of para-hydroxylation sites is 1. The van der Waals surface area contributed by atoms with Gasteiger partial charge in [0.1, 0.15) is 11.7 Å². The Morgan fingerprint density at radius 2 is 1.60 bits per heavy atom. The second-order valence-electron chi connectivity index (χ2n) is 15.1. The van der Waals surface area contributed by atoms with Crippen molar-refractivity contribution in [2.75, 3.05) is 13.1 Å². The molecular weight excluding hydrogens is 675 g/mol. The number of aliphatic hydroxyl groups is 1. The van der Waals surface area contributed by atoms with Crippen molar-refractivity contribution in [3.63, 3.8) is 0 Å². The average Bonchev–Trinajstić information content (AvgIpc) is 3.47. The van der Waals surface area contributed by atoms with Crippen molar-refractivity contribution in [1.82, 2.24) is 35.8 Å². The van der Waals surface area contributed by atoms with Gasteiger partial charge in [-0.3, -0.25) is 19.3 Å². The molecule has 0 unspecified atom stereocenters. The van der Waals surface area contributed by atoms with Crippen LogP contribution < -0.4 is 16.0 Å². The number of carbonyl (C=O) groups excluding carboxylic acids is 3. The van der Waals surface area contributed by atoms with E-state index in [0.29, 0.717) is 30.1 Å². The summed E-state index contributed by atoms with van der Waals surface area (Å²) in [7, 11) is 0. The van der Waals surface area contributed by atoms with Crippen molar-refractivity contribution in [2.45, 2.75) is 101 Å². The highest BCUT2D eigenvalue weighted by molar-refractivity contribution is 7.99. The molecule has 5 rings (SSSR count). The van der Waals surface area contributed by atoms with Gasteiger partial charge in [-0.05, 0) is 77.1 Å². The number of pyridine rings is 1. The highest BCUT2D eigenvalue weighted by atomic mass is 32.2. The highest BCUT2D eigenvalue weighted by Crippen LogP contribution is 2.32. The first kappa shape index (κ1) is 38.8. The van der Waals surface area contributed by atoms with Gasteiger partial charge in [0.15, 0.2) is 5.16 Å². The van der Waals surface area contributed by atoms with Crippen LogP contribution in [0.1, 0.15) is 68.5 Å².